The van der Waals surface area contributed by atoms with Crippen molar-refractivity contribution in [1.29, 1.82) is 0 Å². The molecule has 0 radical (unpaired) electrons. The second kappa shape index (κ2) is 10.9. The fourth-order valence-corrected chi connectivity index (χ4v) is 2.63. The van der Waals surface area contributed by atoms with Gasteiger partial charge in [0, 0.05) is 5.69 Å². The van der Waals surface area contributed by atoms with Crippen LogP contribution in [-0.4, -0.2) is 25.6 Å². The molecule has 6 heteroatoms. The molecule has 2 aromatic rings. The first-order valence-electron chi connectivity index (χ1n) is 9.60. The van der Waals surface area contributed by atoms with Crippen LogP contribution in [-0.2, 0) is 20.7 Å². The van der Waals surface area contributed by atoms with Crippen LogP contribution < -0.4 is 15.4 Å². The molecule has 2 N–H and O–H groups in total. The molecule has 0 fully saturated rings. The third-order valence-electron chi connectivity index (χ3n) is 4.33. The number of unbranched alkanes of at least 4 members (excludes halogenated alkanes) is 1. The molecule has 0 saturated heterocycles. The number of aryl methyl sites for hydroxylation is 1. The average molecular weight is 396 g/mol. The second-order valence-corrected chi connectivity index (χ2v) is 6.66. The van der Waals surface area contributed by atoms with E-state index >= 15 is 0 Å². The molecule has 2 aromatic carbocycles. The summed E-state index contributed by atoms with van der Waals surface area (Å²) in [6, 6.07) is 12.8. The van der Waals surface area contributed by atoms with Crippen molar-refractivity contribution in [3.05, 3.63) is 65.9 Å². The number of carbonyl (C=O) groups is 2. The maximum absolute atomic E-state index is 12.5. The lowest BCUT2D eigenvalue weighted by Gasteiger charge is -2.14. The fraction of sp³-hybridized carbons (Fsp3) is 0.304. The first kappa shape index (κ1) is 22.0. The molecular formula is C23H28N2O4. The summed E-state index contributed by atoms with van der Waals surface area (Å²) in [5.41, 5.74) is 3.28. The SMILES string of the molecule is C=C(Nc1ccccc1C)C(=O)Nc1ccc(CC(=O)OCCCC)cc1OC. The zero-order chi connectivity index (χ0) is 21.2. The van der Waals surface area contributed by atoms with Crippen molar-refractivity contribution in [2.75, 3.05) is 24.4 Å². The Labute approximate surface area is 171 Å². The molecule has 0 aliphatic carbocycles. The maximum Gasteiger partial charge on any atom is 0.310 e. The zero-order valence-corrected chi connectivity index (χ0v) is 17.2. The van der Waals surface area contributed by atoms with E-state index in [9.17, 15) is 9.59 Å². The van der Waals surface area contributed by atoms with Gasteiger partial charge in [-0.15, -0.1) is 0 Å². The van der Waals surface area contributed by atoms with E-state index in [-0.39, 0.29) is 24.0 Å². The van der Waals surface area contributed by atoms with E-state index in [2.05, 4.69) is 17.2 Å². The molecule has 154 valence electrons. The largest absolute Gasteiger partial charge is 0.495 e. The van der Waals surface area contributed by atoms with Gasteiger partial charge in [-0.1, -0.05) is 44.2 Å². The lowest BCUT2D eigenvalue weighted by Crippen LogP contribution is -2.19. The van der Waals surface area contributed by atoms with E-state index in [0.29, 0.717) is 18.0 Å². The maximum atomic E-state index is 12.5. The molecule has 6 nitrogen and oxygen atoms in total. The average Bonchev–Trinajstić information content (AvgIpc) is 2.70. The number of hydrogen-bond acceptors (Lipinski definition) is 5. The number of esters is 1. The molecule has 1 amide bonds. The van der Waals surface area contributed by atoms with E-state index in [1.807, 2.05) is 38.1 Å². The summed E-state index contributed by atoms with van der Waals surface area (Å²) in [7, 11) is 1.51. The van der Waals surface area contributed by atoms with Crippen LogP contribution in [0.1, 0.15) is 30.9 Å². The molecule has 0 atom stereocenters. The minimum Gasteiger partial charge on any atom is -0.495 e. The van der Waals surface area contributed by atoms with Crippen LogP contribution >= 0.6 is 0 Å². The number of anilines is 2. The third-order valence-corrected chi connectivity index (χ3v) is 4.33. The zero-order valence-electron chi connectivity index (χ0n) is 17.2. The predicted molar refractivity (Wildman–Crippen MR) is 115 cm³/mol. The van der Waals surface area contributed by atoms with Gasteiger partial charge in [-0.3, -0.25) is 9.59 Å². The van der Waals surface area contributed by atoms with Crippen LogP contribution in [0.2, 0.25) is 0 Å². The summed E-state index contributed by atoms with van der Waals surface area (Å²) in [6.07, 6.45) is 1.97. The molecule has 0 heterocycles. The Hall–Kier alpha value is -3.28. The van der Waals surface area contributed by atoms with Crippen molar-refractivity contribution >= 4 is 23.3 Å². The highest BCUT2D eigenvalue weighted by molar-refractivity contribution is 6.06. The highest BCUT2D eigenvalue weighted by Gasteiger charge is 2.13. The second-order valence-electron chi connectivity index (χ2n) is 6.66. The number of nitrogens with one attached hydrogen (secondary N) is 2. The number of amides is 1. The summed E-state index contributed by atoms with van der Waals surface area (Å²) in [4.78, 5) is 24.4. The van der Waals surface area contributed by atoms with Crippen molar-refractivity contribution in [2.24, 2.45) is 0 Å². The third kappa shape index (κ3) is 6.68. The molecule has 0 saturated carbocycles. The van der Waals surface area contributed by atoms with Crippen LogP contribution in [0.5, 0.6) is 5.75 Å². The Balaban J connectivity index is 2.00. The summed E-state index contributed by atoms with van der Waals surface area (Å²) >= 11 is 0. The molecule has 0 unspecified atom stereocenters. The van der Waals surface area contributed by atoms with E-state index < -0.39 is 0 Å². The molecule has 2 rings (SSSR count). The number of carbonyl (C=O) groups excluding carboxylic acids is 2. The number of hydrogen-bond donors (Lipinski definition) is 2. The van der Waals surface area contributed by atoms with Crippen molar-refractivity contribution in [3.63, 3.8) is 0 Å². The normalized spacial score (nSPS) is 10.2. The summed E-state index contributed by atoms with van der Waals surface area (Å²) in [6.45, 7) is 8.22. The van der Waals surface area contributed by atoms with Gasteiger partial charge in [-0.05, 0) is 42.7 Å². The predicted octanol–water partition coefficient (Wildman–Crippen LogP) is 4.45. The van der Waals surface area contributed by atoms with Gasteiger partial charge < -0.3 is 20.1 Å². The molecule has 0 bridgehead atoms. The van der Waals surface area contributed by atoms with Gasteiger partial charge in [-0.2, -0.15) is 0 Å². The van der Waals surface area contributed by atoms with Gasteiger partial charge in [0.25, 0.3) is 5.91 Å². The van der Waals surface area contributed by atoms with Gasteiger partial charge in [0.2, 0.25) is 0 Å². The summed E-state index contributed by atoms with van der Waals surface area (Å²) < 4.78 is 10.6. The number of rotatable bonds is 10. The van der Waals surface area contributed by atoms with E-state index in [0.717, 1.165) is 29.7 Å². The van der Waals surface area contributed by atoms with Crippen molar-refractivity contribution in [1.82, 2.24) is 0 Å². The van der Waals surface area contributed by atoms with Gasteiger partial charge in [-0.25, -0.2) is 0 Å². The molecule has 0 aromatic heterocycles. The molecule has 29 heavy (non-hydrogen) atoms. The van der Waals surface area contributed by atoms with E-state index in [1.54, 1.807) is 18.2 Å². The first-order chi connectivity index (χ1) is 13.9. The summed E-state index contributed by atoms with van der Waals surface area (Å²) in [5, 5.41) is 5.80. The Morgan fingerprint density at radius 1 is 1.07 bits per heavy atom. The quantitative estimate of drug-likeness (QED) is 0.352. The van der Waals surface area contributed by atoms with Crippen molar-refractivity contribution < 1.29 is 19.1 Å². The number of ether oxygens (including phenoxy) is 2. The van der Waals surface area contributed by atoms with E-state index in [1.165, 1.54) is 7.11 Å². The number of benzene rings is 2. The number of para-hydroxylation sites is 1. The molecule has 0 spiro atoms. The first-order valence-corrected chi connectivity index (χ1v) is 9.60. The minimum atomic E-state index is -0.377. The van der Waals surface area contributed by atoms with E-state index in [4.69, 9.17) is 9.47 Å². The number of methoxy groups -OCH3 is 1. The Morgan fingerprint density at radius 2 is 1.83 bits per heavy atom. The standard InChI is InChI=1S/C23H28N2O4/c1-5-6-13-29-22(26)15-18-11-12-20(21(14-18)28-4)25-23(27)17(3)24-19-10-8-7-9-16(19)2/h7-12,14,24H,3,5-6,13,15H2,1-2,4H3,(H,25,27). The highest BCUT2D eigenvalue weighted by Crippen LogP contribution is 2.26. The van der Waals surface area contributed by atoms with Crippen LogP contribution in [0.15, 0.2) is 54.7 Å². The van der Waals surface area contributed by atoms with Gasteiger partial charge in [0.05, 0.1) is 31.5 Å². The summed E-state index contributed by atoms with van der Waals surface area (Å²) in [5.74, 6) is -0.202. The monoisotopic (exact) mass is 396 g/mol. The van der Waals surface area contributed by atoms with Crippen LogP contribution in [0, 0.1) is 6.92 Å². The van der Waals surface area contributed by atoms with Crippen molar-refractivity contribution in [3.8, 4) is 5.75 Å². The van der Waals surface area contributed by atoms with Gasteiger partial charge in [0.15, 0.2) is 0 Å². The highest BCUT2D eigenvalue weighted by atomic mass is 16.5. The lowest BCUT2D eigenvalue weighted by molar-refractivity contribution is -0.142. The molecule has 0 aliphatic heterocycles. The van der Waals surface area contributed by atoms with Gasteiger partial charge in [0.1, 0.15) is 5.75 Å². The van der Waals surface area contributed by atoms with Crippen LogP contribution in [0.25, 0.3) is 0 Å². The topological polar surface area (TPSA) is 76.7 Å². The van der Waals surface area contributed by atoms with Gasteiger partial charge >= 0.3 is 5.97 Å². The minimum absolute atomic E-state index is 0.149. The lowest BCUT2D eigenvalue weighted by atomic mass is 10.1. The molecule has 0 aliphatic rings. The molecular weight excluding hydrogens is 368 g/mol. The Kier molecular flexibility index (Phi) is 8.27. The van der Waals surface area contributed by atoms with Crippen LogP contribution in [0.3, 0.4) is 0 Å². The smallest absolute Gasteiger partial charge is 0.310 e. The van der Waals surface area contributed by atoms with Crippen molar-refractivity contribution in [2.45, 2.75) is 33.1 Å². The fourth-order valence-electron chi connectivity index (χ4n) is 2.63. The van der Waals surface area contributed by atoms with Crippen LogP contribution in [0.4, 0.5) is 11.4 Å². The Bertz CT molecular complexity index is 877. The Morgan fingerprint density at radius 3 is 2.52 bits per heavy atom.